The van der Waals surface area contributed by atoms with Gasteiger partial charge in [-0.25, -0.2) is 8.42 Å². The molecule has 25 heavy (non-hydrogen) atoms. The monoisotopic (exact) mass is 387 g/mol. The number of carbonyl (C=O) groups is 2. The van der Waals surface area contributed by atoms with Crippen molar-refractivity contribution in [3.8, 4) is 0 Å². The summed E-state index contributed by atoms with van der Waals surface area (Å²) in [6.45, 7) is 3.75. The van der Waals surface area contributed by atoms with Crippen molar-refractivity contribution in [2.24, 2.45) is 11.8 Å². The van der Waals surface area contributed by atoms with Crippen molar-refractivity contribution < 1.29 is 23.1 Å². The fourth-order valence-electron chi connectivity index (χ4n) is 3.15. The molecule has 2 atom stereocenters. The van der Waals surface area contributed by atoms with Crippen LogP contribution in [0.3, 0.4) is 0 Å². The lowest BCUT2D eigenvalue weighted by molar-refractivity contribution is -0.141. The second-order valence-electron chi connectivity index (χ2n) is 6.85. The molecular weight excluding hydrogens is 366 g/mol. The van der Waals surface area contributed by atoms with Crippen LogP contribution in [0.1, 0.15) is 25.3 Å². The van der Waals surface area contributed by atoms with Crippen LogP contribution in [0.4, 0.5) is 0 Å². The van der Waals surface area contributed by atoms with E-state index in [1.54, 1.807) is 38.1 Å². The van der Waals surface area contributed by atoms with Gasteiger partial charge in [-0.3, -0.25) is 9.59 Å². The van der Waals surface area contributed by atoms with Crippen molar-refractivity contribution >= 4 is 33.3 Å². The van der Waals surface area contributed by atoms with E-state index in [0.29, 0.717) is 5.02 Å². The first-order chi connectivity index (χ1) is 11.6. The number of carbonyl (C=O) groups excluding carboxylic acids is 1. The molecule has 6 nitrogen and oxygen atoms in total. The molecule has 1 aromatic rings. The molecule has 2 rings (SSSR count). The first-order valence-electron chi connectivity index (χ1n) is 8.05. The quantitative estimate of drug-likeness (QED) is 0.806. The van der Waals surface area contributed by atoms with Gasteiger partial charge in [0.15, 0.2) is 9.84 Å². The highest BCUT2D eigenvalue weighted by molar-refractivity contribution is 7.92. The van der Waals surface area contributed by atoms with Crippen LogP contribution in [0.15, 0.2) is 24.3 Å². The Labute approximate surface area is 152 Å². The fraction of sp³-hybridized carbons (Fsp3) is 0.529. The van der Waals surface area contributed by atoms with Crippen LogP contribution < -0.4 is 0 Å². The standard InChI is InChI=1S/C17H22ClNO5S/c1-11(2)9-25(23,24)10-16(20)19-7-14(15(8-19)17(21)22)12-3-5-13(18)6-4-12/h3-6,11,14-15H,7-10H2,1-2H3,(H,21,22)/t14-,15+/m0/s1. The lowest BCUT2D eigenvalue weighted by Gasteiger charge is -2.17. The van der Waals surface area contributed by atoms with E-state index in [2.05, 4.69) is 0 Å². The Morgan fingerprint density at radius 1 is 1.24 bits per heavy atom. The van der Waals surface area contributed by atoms with E-state index in [-0.39, 0.29) is 30.7 Å². The van der Waals surface area contributed by atoms with Crippen molar-refractivity contribution in [2.45, 2.75) is 19.8 Å². The van der Waals surface area contributed by atoms with Crippen LogP contribution in [-0.4, -0.2) is 54.9 Å². The molecule has 8 heteroatoms. The van der Waals surface area contributed by atoms with Crippen molar-refractivity contribution in [2.75, 3.05) is 24.6 Å². The molecule has 0 unspecified atom stereocenters. The maximum Gasteiger partial charge on any atom is 0.308 e. The minimum Gasteiger partial charge on any atom is -0.481 e. The van der Waals surface area contributed by atoms with Crippen molar-refractivity contribution in [1.29, 1.82) is 0 Å². The Balaban J connectivity index is 2.15. The third-order valence-corrected chi connectivity index (χ3v) is 6.33. The molecule has 1 fully saturated rings. The number of amides is 1. The molecule has 0 aromatic heterocycles. The normalized spacial score (nSPS) is 20.9. The van der Waals surface area contributed by atoms with Crippen LogP contribution in [0.2, 0.25) is 5.02 Å². The summed E-state index contributed by atoms with van der Waals surface area (Å²) in [5, 5.41) is 10.0. The molecule has 1 heterocycles. The molecule has 0 spiro atoms. The molecule has 0 bridgehead atoms. The molecule has 1 amide bonds. The smallest absolute Gasteiger partial charge is 0.308 e. The molecule has 0 radical (unpaired) electrons. The average molecular weight is 388 g/mol. The van der Waals surface area contributed by atoms with Gasteiger partial charge >= 0.3 is 5.97 Å². The number of likely N-dealkylation sites (tertiary alicyclic amines) is 1. The number of rotatable bonds is 6. The van der Waals surface area contributed by atoms with Gasteiger partial charge in [0, 0.05) is 24.0 Å². The molecule has 1 aliphatic heterocycles. The summed E-state index contributed by atoms with van der Waals surface area (Å²) >= 11 is 5.86. The molecule has 1 N–H and O–H groups in total. The number of sulfone groups is 1. The van der Waals surface area contributed by atoms with Crippen LogP contribution in [0.5, 0.6) is 0 Å². The zero-order valence-corrected chi connectivity index (χ0v) is 15.8. The highest BCUT2D eigenvalue weighted by atomic mass is 35.5. The molecular formula is C17H22ClNO5S. The van der Waals surface area contributed by atoms with Crippen molar-refractivity contribution in [1.82, 2.24) is 4.90 Å². The minimum absolute atomic E-state index is 0.0126. The SMILES string of the molecule is CC(C)CS(=O)(=O)CC(=O)N1C[C@@H](C(=O)O)[C@H](c2ccc(Cl)cc2)C1. The number of aliphatic carboxylic acids is 1. The number of hydrogen-bond acceptors (Lipinski definition) is 4. The molecule has 1 saturated heterocycles. The first kappa shape index (κ1) is 19.7. The number of benzene rings is 1. The lowest BCUT2D eigenvalue weighted by atomic mass is 9.89. The van der Waals surface area contributed by atoms with Crippen LogP contribution in [-0.2, 0) is 19.4 Å². The van der Waals surface area contributed by atoms with Gasteiger partial charge < -0.3 is 10.0 Å². The lowest BCUT2D eigenvalue weighted by Crippen LogP contribution is -2.35. The van der Waals surface area contributed by atoms with E-state index in [1.165, 1.54) is 4.90 Å². The molecule has 0 aliphatic carbocycles. The van der Waals surface area contributed by atoms with E-state index >= 15 is 0 Å². The highest BCUT2D eigenvalue weighted by Crippen LogP contribution is 2.33. The Hall–Kier alpha value is -1.60. The summed E-state index contributed by atoms with van der Waals surface area (Å²) in [6, 6.07) is 6.83. The predicted octanol–water partition coefficient (Wildman–Crippen LogP) is 2.04. The molecule has 0 saturated carbocycles. The maximum atomic E-state index is 12.4. The Morgan fingerprint density at radius 2 is 1.84 bits per heavy atom. The minimum atomic E-state index is -3.50. The van der Waals surface area contributed by atoms with Gasteiger partial charge in [0.2, 0.25) is 5.91 Å². The second-order valence-corrected chi connectivity index (χ2v) is 9.40. The van der Waals surface area contributed by atoms with Crippen LogP contribution >= 0.6 is 11.6 Å². The highest BCUT2D eigenvalue weighted by Gasteiger charge is 2.41. The van der Waals surface area contributed by atoms with Crippen molar-refractivity contribution in [3.63, 3.8) is 0 Å². The summed E-state index contributed by atoms with van der Waals surface area (Å²) in [6.07, 6.45) is 0. The Bertz CT molecular complexity index is 745. The van der Waals surface area contributed by atoms with Gasteiger partial charge in [0.1, 0.15) is 5.75 Å². The van der Waals surface area contributed by atoms with E-state index in [1.807, 2.05) is 0 Å². The first-order valence-corrected chi connectivity index (χ1v) is 10.3. The van der Waals surface area contributed by atoms with Gasteiger partial charge in [-0.2, -0.15) is 0 Å². The third kappa shape index (κ3) is 5.19. The zero-order chi connectivity index (χ0) is 18.8. The topological polar surface area (TPSA) is 91.8 Å². The zero-order valence-electron chi connectivity index (χ0n) is 14.2. The summed E-state index contributed by atoms with van der Waals surface area (Å²) in [5.74, 6) is -3.39. The van der Waals surface area contributed by atoms with E-state index in [0.717, 1.165) is 5.56 Å². The summed E-state index contributed by atoms with van der Waals surface area (Å²) < 4.78 is 24.1. The Morgan fingerprint density at radius 3 is 2.36 bits per heavy atom. The van der Waals surface area contributed by atoms with E-state index < -0.39 is 33.4 Å². The number of nitrogens with zero attached hydrogens (tertiary/aromatic N) is 1. The van der Waals surface area contributed by atoms with Gasteiger partial charge in [0.05, 0.1) is 11.7 Å². The third-order valence-electron chi connectivity index (χ3n) is 4.22. The summed E-state index contributed by atoms with van der Waals surface area (Å²) in [4.78, 5) is 25.3. The summed E-state index contributed by atoms with van der Waals surface area (Å²) in [7, 11) is -3.50. The van der Waals surface area contributed by atoms with E-state index in [9.17, 15) is 23.1 Å². The largest absolute Gasteiger partial charge is 0.481 e. The average Bonchev–Trinajstić information content (AvgIpc) is 2.91. The van der Waals surface area contributed by atoms with Crippen LogP contribution in [0, 0.1) is 11.8 Å². The second kappa shape index (κ2) is 7.74. The van der Waals surface area contributed by atoms with Crippen LogP contribution in [0.25, 0.3) is 0 Å². The molecule has 138 valence electrons. The number of carboxylic acid groups (broad SMARTS) is 1. The van der Waals surface area contributed by atoms with Crippen molar-refractivity contribution in [3.05, 3.63) is 34.9 Å². The van der Waals surface area contributed by atoms with Gasteiger partial charge in [-0.05, 0) is 23.6 Å². The van der Waals surface area contributed by atoms with Gasteiger partial charge in [-0.1, -0.05) is 37.6 Å². The number of halogens is 1. The van der Waals surface area contributed by atoms with Gasteiger partial charge in [-0.15, -0.1) is 0 Å². The summed E-state index contributed by atoms with van der Waals surface area (Å²) in [5.41, 5.74) is 0.775. The Kier molecular flexibility index (Phi) is 6.11. The number of carboxylic acids is 1. The van der Waals surface area contributed by atoms with E-state index in [4.69, 9.17) is 11.6 Å². The predicted molar refractivity (Wildman–Crippen MR) is 95.4 cm³/mol. The molecule has 1 aliphatic rings. The number of hydrogen-bond donors (Lipinski definition) is 1. The molecule has 1 aromatic carbocycles. The van der Waals surface area contributed by atoms with Gasteiger partial charge in [0.25, 0.3) is 0 Å². The maximum absolute atomic E-state index is 12.4. The fourth-order valence-corrected chi connectivity index (χ4v) is 4.97.